The maximum Gasteiger partial charge on any atom is 1.00 e. The Morgan fingerprint density at radius 2 is 1.56 bits per heavy atom. The zero-order chi connectivity index (χ0) is 11.4. The van der Waals surface area contributed by atoms with Crippen molar-refractivity contribution in [2.75, 3.05) is 6.61 Å². The van der Waals surface area contributed by atoms with Crippen LogP contribution in [0.5, 0.6) is 0 Å². The van der Waals surface area contributed by atoms with Gasteiger partial charge in [-0.25, -0.2) is 0 Å². The van der Waals surface area contributed by atoms with E-state index in [9.17, 15) is 0 Å². The summed E-state index contributed by atoms with van der Waals surface area (Å²) in [7, 11) is 1.44. The Kier molecular flexibility index (Phi) is 15.2. The molecule has 0 aromatic heterocycles. The van der Waals surface area contributed by atoms with Crippen molar-refractivity contribution < 1.29 is 127 Å². The minimum absolute atomic E-state index is 0. The number of hydrogen-bond acceptors (Lipinski definition) is 5. The first kappa shape index (κ1) is 23.6. The van der Waals surface area contributed by atoms with E-state index in [2.05, 4.69) is 27.7 Å². The van der Waals surface area contributed by atoms with Gasteiger partial charge >= 0.3 is 110 Å². The second-order valence-corrected chi connectivity index (χ2v) is 4.17. The van der Waals surface area contributed by atoms with Crippen molar-refractivity contribution in [3.63, 3.8) is 0 Å². The molecule has 0 aliphatic carbocycles. The molecule has 0 atom stereocenters. The van der Waals surface area contributed by atoms with Crippen molar-refractivity contribution in [2.24, 2.45) is 5.41 Å². The van der Waals surface area contributed by atoms with Crippen LogP contribution >= 0.6 is 0 Å². The largest absolute Gasteiger partial charge is 1.00 e. The average molecular weight is 279 g/mol. The monoisotopic (exact) mass is 279 g/mol. The molecule has 0 aromatic carbocycles. The molecule has 0 amide bonds. The maximum atomic E-state index is 8.33. The van der Waals surface area contributed by atoms with E-state index >= 15 is 0 Å². The number of rotatable bonds is 0. The molecule has 5 nitrogen and oxygen atoms in total. The van der Waals surface area contributed by atoms with Gasteiger partial charge in [-0.15, -0.1) is 0 Å². The van der Waals surface area contributed by atoms with Crippen molar-refractivity contribution in [2.45, 2.75) is 33.3 Å². The van der Waals surface area contributed by atoms with Crippen molar-refractivity contribution in [3.05, 3.63) is 0 Å². The molecule has 16 heavy (non-hydrogen) atoms. The second kappa shape index (κ2) is 10.3. The van der Waals surface area contributed by atoms with Crippen LogP contribution in [0.25, 0.3) is 0 Å². The Hall–Kier alpha value is 2.53. The van der Waals surface area contributed by atoms with Gasteiger partial charge in [0.1, 0.15) is 0 Å². The number of hydrogen-bond donors (Lipinski definition) is 0. The summed E-state index contributed by atoms with van der Waals surface area (Å²) in [5, 5.41) is 16.7. The van der Waals surface area contributed by atoms with E-state index in [1.165, 1.54) is 7.69 Å². The van der Waals surface area contributed by atoms with Crippen LogP contribution in [-0.2, 0) is 9.31 Å². The van der Waals surface area contributed by atoms with Gasteiger partial charge in [-0.2, -0.15) is 0 Å². The van der Waals surface area contributed by atoms with Crippen LogP contribution < -0.4 is 113 Å². The molecule has 1 aliphatic rings. The summed E-state index contributed by atoms with van der Waals surface area (Å²) in [6, 6.07) is 0. The Labute approximate surface area is 182 Å². The molecule has 0 N–H and O–H groups in total. The fourth-order valence-electron chi connectivity index (χ4n) is 0.730. The van der Waals surface area contributed by atoms with E-state index in [1.807, 2.05) is 0 Å². The minimum atomic E-state index is -2.33. The van der Waals surface area contributed by atoms with E-state index in [1.54, 1.807) is 0 Å². The zero-order valence-electron chi connectivity index (χ0n) is 10.8. The van der Waals surface area contributed by atoms with Gasteiger partial charge in [0.25, 0.3) is 0 Å². The number of carbonyl (C=O) groups excluding carboxylic acids is 1. The van der Waals surface area contributed by atoms with Gasteiger partial charge in [0, 0.05) is 12.0 Å². The predicted molar refractivity (Wildman–Crippen MR) is 46.0 cm³/mol. The molecule has 1 fully saturated rings. The van der Waals surface area contributed by atoms with E-state index in [-0.39, 0.29) is 114 Å². The average Bonchev–Trinajstić information content (AvgIpc) is 1.94. The van der Waals surface area contributed by atoms with Crippen molar-refractivity contribution in [1.82, 2.24) is 0 Å². The smallest absolute Gasteiger partial charge is 0.652 e. The first-order valence-corrected chi connectivity index (χ1v) is 4.18. The summed E-state index contributed by atoms with van der Waals surface area (Å²) >= 11 is 0. The SMILES string of the molecule is CC1(C)CO[B]OC1(C)C.O=C([O-])[O-].[K+].[K+]. The summed E-state index contributed by atoms with van der Waals surface area (Å²) in [6.07, 6.45) is -2.33. The van der Waals surface area contributed by atoms with Crippen LogP contribution in [0.3, 0.4) is 0 Å². The van der Waals surface area contributed by atoms with Gasteiger partial charge in [-0.05, 0) is 20.0 Å². The molecule has 0 aromatic rings. The van der Waals surface area contributed by atoms with Crippen LogP contribution in [0.1, 0.15) is 27.7 Å². The van der Waals surface area contributed by atoms with Gasteiger partial charge in [0.15, 0.2) is 0 Å². The summed E-state index contributed by atoms with van der Waals surface area (Å²) in [6.45, 7) is 9.16. The van der Waals surface area contributed by atoms with Crippen LogP contribution in [0.2, 0.25) is 0 Å². The minimum Gasteiger partial charge on any atom is -0.652 e. The summed E-state index contributed by atoms with van der Waals surface area (Å²) in [5.41, 5.74) is -0.00694. The summed E-state index contributed by atoms with van der Waals surface area (Å²) in [4.78, 5) is 8.33. The molecule has 1 aliphatic heterocycles. The van der Waals surface area contributed by atoms with Gasteiger partial charge in [-0.1, -0.05) is 13.8 Å². The van der Waals surface area contributed by atoms with Gasteiger partial charge < -0.3 is 24.3 Å². The van der Waals surface area contributed by atoms with Crippen LogP contribution in [-0.4, -0.2) is 26.0 Å². The zero-order valence-corrected chi connectivity index (χ0v) is 17.1. The molecule has 1 heterocycles. The Morgan fingerprint density at radius 1 is 1.19 bits per heavy atom. The van der Waals surface area contributed by atoms with Crippen molar-refractivity contribution in [3.8, 4) is 0 Å². The third kappa shape index (κ3) is 9.46. The molecular formula is C8H14BK2O5. The molecule has 0 unspecified atom stereocenters. The Morgan fingerprint density at radius 3 is 1.75 bits per heavy atom. The normalized spacial score (nSPS) is 19.8. The number of carbonyl (C=O) groups is 1. The molecule has 0 spiro atoms. The first-order chi connectivity index (χ1) is 6.19. The van der Waals surface area contributed by atoms with E-state index in [0.29, 0.717) is 0 Å². The van der Waals surface area contributed by atoms with Crippen LogP contribution in [0.4, 0.5) is 4.79 Å². The molecular weight excluding hydrogens is 265 g/mol. The molecule has 1 rings (SSSR count). The van der Waals surface area contributed by atoms with Gasteiger partial charge in [0.05, 0.1) is 5.60 Å². The van der Waals surface area contributed by atoms with Crippen molar-refractivity contribution >= 4 is 13.8 Å². The van der Waals surface area contributed by atoms with Crippen LogP contribution in [0, 0.1) is 5.41 Å². The predicted octanol–water partition coefficient (Wildman–Crippen LogP) is -7.07. The molecule has 1 radical (unpaired) electrons. The third-order valence-corrected chi connectivity index (χ3v) is 2.48. The number of carboxylic acid groups (broad SMARTS) is 2. The quantitative estimate of drug-likeness (QED) is 0.412. The molecule has 8 heteroatoms. The van der Waals surface area contributed by atoms with E-state index in [4.69, 9.17) is 24.3 Å². The molecule has 1 saturated heterocycles. The summed E-state index contributed by atoms with van der Waals surface area (Å²) < 4.78 is 10.4. The van der Waals surface area contributed by atoms with Crippen LogP contribution in [0.15, 0.2) is 0 Å². The van der Waals surface area contributed by atoms with Gasteiger partial charge in [0.2, 0.25) is 0 Å². The Bertz CT molecular complexity index is 191. The third-order valence-electron chi connectivity index (χ3n) is 2.48. The molecule has 81 valence electrons. The fraction of sp³-hybridized carbons (Fsp3) is 0.875. The Balaban J connectivity index is -0.000000249. The standard InChI is InChI=1S/C7H14BO2.CH2O3.2K/c1-6(2)5-9-8-10-7(6,3)4;2-1(3)4;;/h5H2,1-4H3;(H2,2,3,4);;/q;;2*+1/p-2. The topological polar surface area (TPSA) is 81.7 Å². The van der Waals surface area contributed by atoms with E-state index < -0.39 is 6.16 Å². The summed E-state index contributed by atoms with van der Waals surface area (Å²) in [5.74, 6) is 0. The first-order valence-electron chi connectivity index (χ1n) is 4.18. The fourth-order valence-corrected chi connectivity index (χ4v) is 0.730. The second-order valence-electron chi connectivity index (χ2n) is 4.17. The maximum absolute atomic E-state index is 8.33. The molecule has 0 saturated carbocycles. The van der Waals surface area contributed by atoms with Crippen molar-refractivity contribution in [1.29, 1.82) is 0 Å². The molecule has 0 bridgehead atoms. The van der Waals surface area contributed by atoms with E-state index in [0.717, 1.165) is 6.61 Å². The van der Waals surface area contributed by atoms with Gasteiger partial charge in [-0.3, -0.25) is 0 Å².